The van der Waals surface area contributed by atoms with Crippen molar-refractivity contribution in [2.24, 2.45) is 0 Å². The van der Waals surface area contributed by atoms with Gasteiger partial charge in [-0.2, -0.15) is 0 Å². The lowest BCUT2D eigenvalue weighted by atomic mass is 9.82. The second kappa shape index (κ2) is 45.8. The smallest absolute Gasteiger partial charge is 0.120 e. The summed E-state index contributed by atoms with van der Waals surface area (Å²) < 4.78 is 45.5. The normalized spacial score (nSPS) is 19.9. The summed E-state index contributed by atoms with van der Waals surface area (Å²) in [5, 5.41) is 0. The number of methoxy groups -OCH3 is 4. The van der Waals surface area contributed by atoms with Crippen molar-refractivity contribution in [3.05, 3.63) is 119 Å². The maximum absolute atomic E-state index is 6.24. The quantitative estimate of drug-likeness (QED) is 0.0976. The molecule has 6 fully saturated rings. The molecular formula is C96H164O8. The van der Waals surface area contributed by atoms with Gasteiger partial charge in [0, 0.05) is 28.4 Å². The first-order chi connectivity index (χ1) is 48.8. The maximum atomic E-state index is 6.24. The Labute approximate surface area is 643 Å². The molecule has 4 aromatic carbocycles. The number of hydrogen-bond acceptors (Lipinski definition) is 8. The molecule has 8 heteroatoms. The molecule has 0 spiro atoms. The molecule has 0 saturated heterocycles. The molecular weight excluding hydrogens is 1280 g/mol. The molecule has 0 aliphatic heterocycles. The van der Waals surface area contributed by atoms with Crippen LogP contribution in [0.1, 0.15) is 405 Å². The van der Waals surface area contributed by atoms with E-state index in [4.69, 9.17) is 37.9 Å². The SMILES string of the molecule is CCC(C)(C)c1ccc(OC(C)(C)C)cc1.CCC(C)(C)c1ccc(OC2(C)CCCCC2)cc1.CCC(C)c1ccc(OC2(C)CCCCC2)cc1.CCC(C)c1ccc(OC2(C)CCCCC2)cc1.COC(C)(C)C.COC1(C)CCCCC1.COC1(C)CCCCC1.COC1(C)CCCCC1. The Balaban J connectivity index is 0.000000316. The minimum atomic E-state index is -0.123. The van der Waals surface area contributed by atoms with Crippen LogP contribution in [0.2, 0.25) is 0 Å². The molecule has 0 radical (unpaired) electrons. The van der Waals surface area contributed by atoms with E-state index in [-0.39, 0.29) is 55.6 Å². The summed E-state index contributed by atoms with van der Waals surface area (Å²) in [6.07, 6.45) is 43.6. The predicted molar refractivity (Wildman–Crippen MR) is 449 cm³/mol. The molecule has 8 nitrogen and oxygen atoms in total. The fraction of sp³-hybridized carbons (Fsp3) is 0.750. The zero-order chi connectivity index (χ0) is 77.8. The van der Waals surface area contributed by atoms with E-state index in [0.29, 0.717) is 11.8 Å². The first-order valence-corrected chi connectivity index (χ1v) is 42.2. The second-order valence-electron chi connectivity index (χ2n) is 36.8. The maximum Gasteiger partial charge on any atom is 0.120 e. The van der Waals surface area contributed by atoms with E-state index in [2.05, 4.69) is 229 Å². The molecule has 0 aromatic heterocycles. The van der Waals surface area contributed by atoms with Crippen molar-refractivity contribution in [3.63, 3.8) is 0 Å². The predicted octanol–water partition coefficient (Wildman–Crippen LogP) is 29.1. The van der Waals surface area contributed by atoms with Gasteiger partial charge < -0.3 is 37.9 Å². The number of ether oxygens (including phenoxy) is 8. The van der Waals surface area contributed by atoms with Crippen LogP contribution >= 0.6 is 0 Å². The molecule has 6 aliphatic rings. The van der Waals surface area contributed by atoms with Crippen LogP contribution in [0.5, 0.6) is 23.0 Å². The molecule has 104 heavy (non-hydrogen) atoms. The summed E-state index contributed by atoms with van der Waals surface area (Å²) in [7, 11) is 7.18. The highest BCUT2D eigenvalue weighted by Gasteiger charge is 2.33. The average molecular weight is 1450 g/mol. The first kappa shape index (κ1) is 94.1. The van der Waals surface area contributed by atoms with Gasteiger partial charge in [0.05, 0.1) is 22.4 Å². The van der Waals surface area contributed by atoms with Gasteiger partial charge in [-0.3, -0.25) is 0 Å². The fourth-order valence-electron chi connectivity index (χ4n) is 14.5. The molecule has 0 amide bonds. The Bertz CT molecular complexity index is 2670. The number of rotatable bonds is 18. The third kappa shape index (κ3) is 36.9. The Morgan fingerprint density at radius 2 is 0.490 bits per heavy atom. The highest BCUT2D eigenvalue weighted by Crippen LogP contribution is 2.39. The summed E-state index contributed by atoms with van der Waals surface area (Å²) in [6.45, 7) is 48.3. The average Bonchev–Trinajstić information content (AvgIpc) is 1.34. The van der Waals surface area contributed by atoms with Gasteiger partial charge in [-0.25, -0.2) is 0 Å². The van der Waals surface area contributed by atoms with Gasteiger partial charge in [0.15, 0.2) is 0 Å². The van der Waals surface area contributed by atoms with E-state index in [1.54, 1.807) is 7.11 Å². The highest BCUT2D eigenvalue weighted by molar-refractivity contribution is 5.34. The molecule has 0 bridgehead atoms. The molecule has 4 aromatic rings. The van der Waals surface area contributed by atoms with Crippen molar-refractivity contribution >= 4 is 0 Å². The van der Waals surface area contributed by atoms with Crippen molar-refractivity contribution in [1.82, 2.24) is 0 Å². The van der Waals surface area contributed by atoms with E-state index in [0.717, 1.165) is 35.8 Å². The van der Waals surface area contributed by atoms with Crippen LogP contribution < -0.4 is 18.9 Å². The standard InChI is InChI=1S/C18H28O.2C17H26O.C15H24O.3C8H16O.C5H12O/c1-5-17(2,3)15-9-11-16(12-10-15)19-18(4)13-7-6-8-14-18;2*1-4-14(2)15-8-10-16(11-9-15)18-17(3)12-6-5-7-13-17;1-7-15(5,6)12-8-10-13(11-9-12)16-14(2,3)4;3*1-8(9-2)6-4-3-5-7-8;1-5(2,3)6-4/h9-12H,5-8,13-14H2,1-4H3;2*8-11,14H,4-7,12-13H2,1-3H3;8-11H,7H2,1-6H3;3*3-7H2,1-2H3;1-4H3. The van der Waals surface area contributed by atoms with Crippen LogP contribution in [-0.2, 0) is 29.8 Å². The summed E-state index contributed by atoms with van der Waals surface area (Å²) in [5.74, 6) is 5.33. The zero-order valence-corrected chi connectivity index (χ0v) is 72.7. The Hall–Kier alpha value is -4.08. The van der Waals surface area contributed by atoms with Gasteiger partial charge in [-0.05, 0) is 318 Å². The Morgan fingerprint density at radius 3 is 0.663 bits per heavy atom. The van der Waals surface area contributed by atoms with Gasteiger partial charge in [0.25, 0.3) is 0 Å². The van der Waals surface area contributed by atoms with Crippen molar-refractivity contribution in [1.29, 1.82) is 0 Å². The molecule has 2 atom stereocenters. The minimum Gasteiger partial charge on any atom is -0.488 e. The minimum absolute atomic E-state index is 0.0417. The molecule has 6 aliphatic carbocycles. The summed E-state index contributed by atoms with van der Waals surface area (Å²) >= 11 is 0. The topological polar surface area (TPSA) is 73.8 Å². The highest BCUT2D eigenvalue weighted by atomic mass is 16.5. The van der Waals surface area contributed by atoms with Crippen molar-refractivity contribution < 1.29 is 37.9 Å². The van der Waals surface area contributed by atoms with Crippen molar-refractivity contribution in [3.8, 4) is 23.0 Å². The fourth-order valence-corrected chi connectivity index (χ4v) is 14.5. The van der Waals surface area contributed by atoms with Crippen LogP contribution in [0.4, 0.5) is 0 Å². The van der Waals surface area contributed by atoms with Crippen molar-refractivity contribution in [2.45, 2.75) is 438 Å². The summed E-state index contributed by atoms with van der Waals surface area (Å²) in [5.41, 5.74) is 6.88. The zero-order valence-electron chi connectivity index (χ0n) is 72.7. The van der Waals surface area contributed by atoms with Crippen LogP contribution in [0.3, 0.4) is 0 Å². The van der Waals surface area contributed by atoms with Gasteiger partial charge in [0.2, 0.25) is 0 Å². The molecule has 6 saturated carbocycles. The van der Waals surface area contributed by atoms with E-state index in [1.807, 2.05) is 42.1 Å². The van der Waals surface area contributed by atoms with Crippen molar-refractivity contribution in [2.75, 3.05) is 28.4 Å². The van der Waals surface area contributed by atoms with Gasteiger partial charge in [0.1, 0.15) is 45.4 Å². The second-order valence-corrected chi connectivity index (χ2v) is 36.8. The van der Waals surface area contributed by atoms with Crippen LogP contribution in [-0.4, -0.2) is 73.2 Å². The van der Waals surface area contributed by atoms with E-state index < -0.39 is 0 Å². The Morgan fingerprint density at radius 1 is 0.288 bits per heavy atom. The number of hydrogen-bond donors (Lipinski definition) is 0. The first-order valence-electron chi connectivity index (χ1n) is 42.2. The third-order valence-electron chi connectivity index (χ3n) is 24.2. The van der Waals surface area contributed by atoms with Gasteiger partial charge in [-0.15, -0.1) is 0 Å². The lowest BCUT2D eigenvalue weighted by molar-refractivity contribution is -0.0234. The van der Waals surface area contributed by atoms with Crippen LogP contribution in [0.25, 0.3) is 0 Å². The monoisotopic (exact) mass is 1450 g/mol. The number of benzene rings is 4. The van der Waals surface area contributed by atoms with Gasteiger partial charge in [-0.1, -0.05) is 195 Å². The molecule has 0 heterocycles. The lowest BCUT2D eigenvalue weighted by Gasteiger charge is -2.34. The van der Waals surface area contributed by atoms with Gasteiger partial charge >= 0.3 is 0 Å². The summed E-state index contributed by atoms with van der Waals surface area (Å²) in [6, 6.07) is 34.7. The lowest BCUT2D eigenvalue weighted by Crippen LogP contribution is -2.34. The van der Waals surface area contributed by atoms with E-state index >= 15 is 0 Å². The molecule has 2 unspecified atom stereocenters. The molecule has 10 rings (SSSR count). The Kier molecular flexibility index (Phi) is 41.4. The third-order valence-corrected chi connectivity index (χ3v) is 24.2. The van der Waals surface area contributed by atoms with Crippen LogP contribution in [0, 0.1) is 0 Å². The molecule has 0 N–H and O–H groups in total. The molecule has 596 valence electrons. The van der Waals surface area contributed by atoms with E-state index in [9.17, 15) is 0 Å². The summed E-state index contributed by atoms with van der Waals surface area (Å²) in [4.78, 5) is 0. The largest absolute Gasteiger partial charge is 0.488 e. The van der Waals surface area contributed by atoms with Crippen LogP contribution in [0.15, 0.2) is 97.1 Å². The van der Waals surface area contributed by atoms with E-state index in [1.165, 1.54) is 228 Å².